The Morgan fingerprint density at radius 1 is 1.50 bits per heavy atom. The first kappa shape index (κ1) is 10.4. The van der Waals surface area contributed by atoms with Crippen LogP contribution in [-0.2, 0) is 4.74 Å². The molecule has 0 unspecified atom stereocenters. The zero-order valence-corrected chi connectivity index (χ0v) is 8.24. The van der Waals surface area contributed by atoms with Gasteiger partial charge in [0, 0.05) is 5.56 Å². The zero-order valence-electron chi connectivity index (χ0n) is 8.24. The topological polar surface area (TPSA) is 43.4 Å². The Labute approximate surface area is 82.7 Å². The molecule has 0 aliphatic carbocycles. The molecule has 0 saturated heterocycles. The fourth-order valence-electron chi connectivity index (χ4n) is 1.17. The summed E-state index contributed by atoms with van der Waals surface area (Å²) in [5.74, 6) is -0.449. The summed E-state index contributed by atoms with van der Waals surface area (Å²) in [7, 11) is 0. The zero-order chi connectivity index (χ0) is 10.6. The van der Waals surface area contributed by atoms with E-state index in [9.17, 15) is 9.59 Å². The molecule has 1 rings (SSSR count). The summed E-state index contributed by atoms with van der Waals surface area (Å²) in [4.78, 5) is 22.0. The highest BCUT2D eigenvalue weighted by Gasteiger charge is 2.11. The van der Waals surface area contributed by atoms with Crippen LogP contribution in [0.2, 0.25) is 0 Å². The third kappa shape index (κ3) is 2.19. The Balaban J connectivity index is 3.07. The number of benzene rings is 1. The van der Waals surface area contributed by atoms with E-state index >= 15 is 0 Å². The maximum Gasteiger partial charge on any atom is 0.338 e. The van der Waals surface area contributed by atoms with Crippen molar-refractivity contribution in [2.75, 3.05) is 6.61 Å². The third-order valence-corrected chi connectivity index (χ3v) is 1.83. The van der Waals surface area contributed by atoms with E-state index in [0.717, 1.165) is 5.56 Å². The van der Waals surface area contributed by atoms with Crippen LogP contribution in [0.5, 0.6) is 0 Å². The molecule has 0 amide bonds. The predicted octanol–water partition coefficient (Wildman–Crippen LogP) is 1.98. The van der Waals surface area contributed by atoms with Crippen molar-refractivity contribution in [1.82, 2.24) is 0 Å². The van der Waals surface area contributed by atoms with Gasteiger partial charge in [-0.05, 0) is 26.0 Å². The Morgan fingerprint density at radius 3 is 2.79 bits per heavy atom. The van der Waals surface area contributed by atoms with E-state index in [1.807, 2.05) is 6.92 Å². The largest absolute Gasteiger partial charge is 0.462 e. The van der Waals surface area contributed by atoms with Crippen molar-refractivity contribution in [2.45, 2.75) is 13.8 Å². The van der Waals surface area contributed by atoms with Crippen molar-refractivity contribution in [3.63, 3.8) is 0 Å². The Kier molecular flexibility index (Phi) is 3.40. The van der Waals surface area contributed by atoms with Gasteiger partial charge in [-0.1, -0.05) is 11.6 Å². The van der Waals surface area contributed by atoms with Crippen LogP contribution in [0.15, 0.2) is 18.2 Å². The Morgan fingerprint density at radius 2 is 2.21 bits per heavy atom. The van der Waals surface area contributed by atoms with E-state index in [0.29, 0.717) is 24.0 Å². The van der Waals surface area contributed by atoms with E-state index in [1.165, 1.54) is 0 Å². The van der Waals surface area contributed by atoms with Gasteiger partial charge in [-0.25, -0.2) is 4.79 Å². The SMILES string of the molecule is CCOC(=O)c1ccc(C)cc1C=O. The highest BCUT2D eigenvalue weighted by Crippen LogP contribution is 2.10. The summed E-state index contributed by atoms with van der Waals surface area (Å²) >= 11 is 0. The second-order valence-electron chi connectivity index (χ2n) is 2.93. The molecule has 0 spiro atoms. The van der Waals surface area contributed by atoms with Crippen LogP contribution in [-0.4, -0.2) is 18.9 Å². The predicted molar refractivity (Wildman–Crippen MR) is 52.5 cm³/mol. The summed E-state index contributed by atoms with van der Waals surface area (Å²) in [6, 6.07) is 5.05. The molecule has 0 N–H and O–H groups in total. The molecule has 0 aliphatic heterocycles. The molecule has 0 saturated carbocycles. The van der Waals surface area contributed by atoms with Gasteiger partial charge in [0.05, 0.1) is 12.2 Å². The van der Waals surface area contributed by atoms with Gasteiger partial charge in [-0.2, -0.15) is 0 Å². The van der Waals surface area contributed by atoms with Crippen LogP contribution >= 0.6 is 0 Å². The minimum absolute atomic E-state index is 0.311. The first-order valence-corrected chi connectivity index (χ1v) is 4.42. The lowest BCUT2D eigenvalue weighted by molar-refractivity contribution is 0.0524. The summed E-state index contributed by atoms with van der Waals surface area (Å²) in [6.45, 7) is 3.90. The molecule has 0 aliphatic rings. The average Bonchev–Trinajstić information content (AvgIpc) is 2.17. The summed E-state index contributed by atoms with van der Waals surface area (Å²) in [5, 5.41) is 0. The number of carbonyl (C=O) groups is 2. The fraction of sp³-hybridized carbons (Fsp3) is 0.273. The quantitative estimate of drug-likeness (QED) is 0.543. The number of aldehydes is 1. The lowest BCUT2D eigenvalue weighted by Crippen LogP contribution is -2.07. The van der Waals surface area contributed by atoms with Crippen LogP contribution in [0.3, 0.4) is 0 Å². The molecule has 3 heteroatoms. The van der Waals surface area contributed by atoms with Crippen molar-refractivity contribution in [3.8, 4) is 0 Å². The van der Waals surface area contributed by atoms with Crippen LogP contribution in [0.1, 0.15) is 33.2 Å². The minimum Gasteiger partial charge on any atom is -0.462 e. The number of rotatable bonds is 3. The van der Waals surface area contributed by atoms with Crippen molar-refractivity contribution in [1.29, 1.82) is 0 Å². The van der Waals surface area contributed by atoms with Crippen LogP contribution in [0, 0.1) is 6.92 Å². The first-order chi connectivity index (χ1) is 6.69. The van der Waals surface area contributed by atoms with Crippen molar-refractivity contribution < 1.29 is 14.3 Å². The van der Waals surface area contributed by atoms with E-state index in [2.05, 4.69) is 0 Å². The number of carbonyl (C=O) groups excluding carboxylic acids is 2. The van der Waals surface area contributed by atoms with Crippen LogP contribution < -0.4 is 0 Å². The van der Waals surface area contributed by atoms with Crippen molar-refractivity contribution in [3.05, 3.63) is 34.9 Å². The number of hydrogen-bond acceptors (Lipinski definition) is 3. The summed E-state index contributed by atoms with van der Waals surface area (Å²) in [5.41, 5.74) is 1.65. The van der Waals surface area contributed by atoms with Gasteiger partial charge >= 0.3 is 5.97 Å². The van der Waals surface area contributed by atoms with Gasteiger partial charge in [0.25, 0.3) is 0 Å². The van der Waals surface area contributed by atoms with Gasteiger partial charge in [0.2, 0.25) is 0 Å². The number of esters is 1. The van der Waals surface area contributed by atoms with Crippen LogP contribution in [0.4, 0.5) is 0 Å². The lowest BCUT2D eigenvalue weighted by atomic mass is 10.1. The molecule has 0 heterocycles. The van der Waals surface area contributed by atoms with Gasteiger partial charge < -0.3 is 4.74 Å². The third-order valence-electron chi connectivity index (χ3n) is 1.83. The molecule has 0 bridgehead atoms. The lowest BCUT2D eigenvalue weighted by Gasteiger charge is -2.04. The van der Waals surface area contributed by atoms with E-state index in [4.69, 9.17) is 4.74 Å². The number of hydrogen-bond donors (Lipinski definition) is 0. The molecule has 14 heavy (non-hydrogen) atoms. The second-order valence-corrected chi connectivity index (χ2v) is 2.93. The van der Waals surface area contributed by atoms with Gasteiger partial charge in [0.15, 0.2) is 6.29 Å². The summed E-state index contributed by atoms with van der Waals surface area (Å²) < 4.78 is 4.81. The first-order valence-electron chi connectivity index (χ1n) is 4.42. The molecule has 0 aromatic heterocycles. The Hall–Kier alpha value is -1.64. The maximum absolute atomic E-state index is 11.4. The normalized spacial score (nSPS) is 9.57. The van der Waals surface area contributed by atoms with Gasteiger partial charge in [0.1, 0.15) is 0 Å². The molecule has 74 valence electrons. The average molecular weight is 192 g/mol. The van der Waals surface area contributed by atoms with Crippen LogP contribution in [0.25, 0.3) is 0 Å². The standard InChI is InChI=1S/C11H12O3/c1-3-14-11(13)10-5-4-8(2)6-9(10)7-12/h4-7H,3H2,1-2H3. The fourth-order valence-corrected chi connectivity index (χ4v) is 1.17. The molecule has 1 aromatic carbocycles. The molecule has 0 radical (unpaired) electrons. The van der Waals surface area contributed by atoms with Gasteiger partial charge in [-0.15, -0.1) is 0 Å². The molecule has 3 nitrogen and oxygen atoms in total. The molecule has 0 fully saturated rings. The van der Waals surface area contributed by atoms with E-state index in [1.54, 1.807) is 25.1 Å². The summed E-state index contributed by atoms with van der Waals surface area (Å²) in [6.07, 6.45) is 0.666. The Bertz CT molecular complexity index is 356. The smallest absolute Gasteiger partial charge is 0.338 e. The highest BCUT2D eigenvalue weighted by atomic mass is 16.5. The minimum atomic E-state index is -0.449. The maximum atomic E-state index is 11.4. The molecular formula is C11H12O3. The van der Waals surface area contributed by atoms with Crippen molar-refractivity contribution >= 4 is 12.3 Å². The molecule has 0 atom stereocenters. The monoisotopic (exact) mass is 192 g/mol. The molecular weight excluding hydrogens is 180 g/mol. The second kappa shape index (κ2) is 4.56. The number of aryl methyl sites for hydroxylation is 1. The van der Waals surface area contributed by atoms with Gasteiger partial charge in [-0.3, -0.25) is 4.79 Å². The van der Waals surface area contributed by atoms with Crippen molar-refractivity contribution in [2.24, 2.45) is 0 Å². The van der Waals surface area contributed by atoms with E-state index < -0.39 is 5.97 Å². The number of ether oxygens (including phenoxy) is 1. The molecule has 1 aromatic rings. The highest BCUT2D eigenvalue weighted by molar-refractivity contribution is 5.98. The van der Waals surface area contributed by atoms with E-state index in [-0.39, 0.29) is 0 Å².